The van der Waals surface area contributed by atoms with Crippen molar-refractivity contribution in [3.63, 3.8) is 0 Å². The number of fused-ring (bicyclic) bond motifs is 1. The second kappa shape index (κ2) is 8.77. The number of rotatable bonds is 7. The summed E-state index contributed by atoms with van der Waals surface area (Å²) in [7, 11) is 0. The van der Waals surface area contributed by atoms with Crippen LogP contribution in [0.15, 0.2) is 45.2 Å². The molecule has 7 heteroatoms. The van der Waals surface area contributed by atoms with Gasteiger partial charge in [0, 0.05) is 18.2 Å². The summed E-state index contributed by atoms with van der Waals surface area (Å²) in [5.41, 5.74) is 2.03. The Morgan fingerprint density at radius 2 is 2.15 bits per heavy atom. The van der Waals surface area contributed by atoms with Crippen molar-refractivity contribution in [1.29, 1.82) is 0 Å². The topological polar surface area (TPSA) is 61.2 Å². The summed E-state index contributed by atoms with van der Waals surface area (Å²) in [6.07, 6.45) is 1.54. The molecule has 0 bridgehead atoms. The molecule has 26 heavy (non-hydrogen) atoms. The van der Waals surface area contributed by atoms with Crippen molar-refractivity contribution in [2.24, 2.45) is 0 Å². The monoisotopic (exact) mass is 390 g/mol. The first-order valence-electron chi connectivity index (χ1n) is 8.71. The maximum Gasteiger partial charge on any atom is 0.316 e. The number of aromatic nitrogens is 2. The first kappa shape index (κ1) is 19.0. The normalized spacial score (nSPS) is 15.7. The molecule has 1 aliphatic heterocycles. The molecule has 5 nitrogen and oxygen atoms in total. The molecule has 0 saturated heterocycles. The SMILES string of the molecule is CCOC(=O)CSc1nc2c(c(=O)n1CCc1ccccc1)S[C@@H](C)C2. The smallest absolute Gasteiger partial charge is 0.316 e. The lowest BCUT2D eigenvalue weighted by atomic mass is 10.1. The average Bonchev–Trinajstić information content (AvgIpc) is 3.01. The highest BCUT2D eigenvalue weighted by Crippen LogP contribution is 2.34. The van der Waals surface area contributed by atoms with Crippen LogP contribution in [0.2, 0.25) is 0 Å². The van der Waals surface area contributed by atoms with Crippen LogP contribution < -0.4 is 5.56 Å². The van der Waals surface area contributed by atoms with Gasteiger partial charge < -0.3 is 4.74 Å². The Labute approximate surface area is 161 Å². The molecule has 1 aromatic heterocycles. The molecule has 0 fully saturated rings. The van der Waals surface area contributed by atoms with Crippen molar-refractivity contribution in [3.8, 4) is 0 Å². The molecule has 0 unspecified atom stereocenters. The maximum absolute atomic E-state index is 13.0. The first-order chi connectivity index (χ1) is 12.6. The van der Waals surface area contributed by atoms with E-state index in [0.29, 0.717) is 23.6 Å². The Hall–Kier alpha value is -1.73. The number of hydrogen-bond acceptors (Lipinski definition) is 6. The Bertz CT molecular complexity index is 837. The number of aryl methyl sites for hydroxylation is 1. The summed E-state index contributed by atoms with van der Waals surface area (Å²) in [6.45, 7) is 4.78. The van der Waals surface area contributed by atoms with Crippen LogP contribution in [0.4, 0.5) is 0 Å². The molecule has 3 rings (SSSR count). The van der Waals surface area contributed by atoms with E-state index in [1.807, 2.05) is 30.3 Å². The third kappa shape index (κ3) is 4.51. The van der Waals surface area contributed by atoms with Crippen molar-refractivity contribution in [2.75, 3.05) is 12.4 Å². The summed E-state index contributed by atoms with van der Waals surface area (Å²) >= 11 is 2.88. The summed E-state index contributed by atoms with van der Waals surface area (Å²) in [5.74, 6) is -0.128. The van der Waals surface area contributed by atoms with Gasteiger partial charge in [0.2, 0.25) is 0 Å². The van der Waals surface area contributed by atoms with E-state index in [1.165, 1.54) is 17.3 Å². The second-order valence-corrected chi connectivity index (χ2v) is 8.48. The van der Waals surface area contributed by atoms with E-state index >= 15 is 0 Å². The molecular formula is C19H22N2O3S2. The summed E-state index contributed by atoms with van der Waals surface area (Å²) < 4.78 is 6.70. The minimum Gasteiger partial charge on any atom is -0.465 e. The highest BCUT2D eigenvalue weighted by atomic mass is 32.2. The van der Waals surface area contributed by atoms with Crippen molar-refractivity contribution in [1.82, 2.24) is 9.55 Å². The zero-order chi connectivity index (χ0) is 18.5. The van der Waals surface area contributed by atoms with Gasteiger partial charge in [-0.25, -0.2) is 4.98 Å². The van der Waals surface area contributed by atoms with Gasteiger partial charge in [-0.05, 0) is 18.9 Å². The number of esters is 1. The van der Waals surface area contributed by atoms with Gasteiger partial charge in [-0.2, -0.15) is 0 Å². The number of benzene rings is 1. The van der Waals surface area contributed by atoms with Crippen LogP contribution in [0.25, 0.3) is 0 Å². The van der Waals surface area contributed by atoms with Crippen LogP contribution >= 0.6 is 23.5 Å². The minimum absolute atomic E-state index is 0.00615. The number of carbonyl (C=O) groups is 1. The first-order valence-corrected chi connectivity index (χ1v) is 10.6. The number of nitrogens with zero attached hydrogens (tertiary/aromatic N) is 2. The fraction of sp³-hybridized carbons (Fsp3) is 0.421. The predicted octanol–water partition coefficient (Wildman–Crippen LogP) is 3.18. The van der Waals surface area contributed by atoms with Gasteiger partial charge >= 0.3 is 5.97 Å². The van der Waals surface area contributed by atoms with E-state index in [0.717, 1.165) is 23.4 Å². The third-order valence-electron chi connectivity index (χ3n) is 4.05. The van der Waals surface area contributed by atoms with E-state index in [9.17, 15) is 9.59 Å². The fourth-order valence-electron chi connectivity index (χ4n) is 2.85. The lowest BCUT2D eigenvalue weighted by Crippen LogP contribution is -2.26. The lowest BCUT2D eigenvalue weighted by molar-refractivity contribution is -0.139. The van der Waals surface area contributed by atoms with E-state index in [2.05, 4.69) is 6.92 Å². The van der Waals surface area contributed by atoms with Crippen LogP contribution in [0.1, 0.15) is 25.1 Å². The molecular weight excluding hydrogens is 368 g/mol. The van der Waals surface area contributed by atoms with Crippen LogP contribution in [0.3, 0.4) is 0 Å². The largest absolute Gasteiger partial charge is 0.465 e. The van der Waals surface area contributed by atoms with Crippen LogP contribution in [0.5, 0.6) is 0 Å². The fourth-order valence-corrected chi connectivity index (χ4v) is 4.81. The molecule has 1 atom stereocenters. The Morgan fingerprint density at radius 1 is 1.38 bits per heavy atom. The van der Waals surface area contributed by atoms with E-state index in [4.69, 9.17) is 9.72 Å². The van der Waals surface area contributed by atoms with Crippen molar-refractivity contribution in [3.05, 3.63) is 51.9 Å². The lowest BCUT2D eigenvalue weighted by Gasteiger charge is -2.13. The van der Waals surface area contributed by atoms with Crippen molar-refractivity contribution >= 4 is 29.5 Å². The van der Waals surface area contributed by atoms with Crippen LogP contribution in [-0.2, 0) is 28.9 Å². The zero-order valence-electron chi connectivity index (χ0n) is 14.9. The standard InChI is InChI=1S/C19H22N2O3S2/c1-3-24-16(22)12-25-19-20-15-11-13(2)26-17(15)18(23)21(19)10-9-14-7-5-4-6-8-14/h4-8,13H,3,9-12H2,1-2H3/t13-/m0/s1. The molecule has 0 radical (unpaired) electrons. The van der Waals surface area contributed by atoms with Gasteiger partial charge in [0.1, 0.15) is 0 Å². The molecule has 0 aliphatic carbocycles. The average molecular weight is 391 g/mol. The molecule has 2 heterocycles. The van der Waals surface area contributed by atoms with Crippen LogP contribution in [-0.4, -0.2) is 33.1 Å². The van der Waals surface area contributed by atoms with Crippen molar-refractivity contribution in [2.45, 2.75) is 48.5 Å². The van der Waals surface area contributed by atoms with E-state index < -0.39 is 0 Å². The Morgan fingerprint density at radius 3 is 2.88 bits per heavy atom. The van der Waals surface area contributed by atoms with Gasteiger partial charge in [0.25, 0.3) is 5.56 Å². The molecule has 0 N–H and O–H groups in total. The zero-order valence-corrected chi connectivity index (χ0v) is 16.6. The second-order valence-electron chi connectivity index (χ2n) is 6.09. The van der Waals surface area contributed by atoms with Crippen LogP contribution in [0, 0.1) is 0 Å². The van der Waals surface area contributed by atoms with E-state index in [-0.39, 0.29) is 17.3 Å². The molecule has 1 aromatic carbocycles. The highest BCUT2D eigenvalue weighted by Gasteiger charge is 2.26. The molecule has 2 aromatic rings. The van der Waals surface area contributed by atoms with Gasteiger partial charge in [-0.3, -0.25) is 14.2 Å². The number of hydrogen-bond donors (Lipinski definition) is 0. The summed E-state index contributed by atoms with van der Waals surface area (Å²) in [5, 5.41) is 0.963. The van der Waals surface area contributed by atoms with Crippen molar-refractivity contribution < 1.29 is 9.53 Å². The quantitative estimate of drug-likeness (QED) is 0.411. The third-order valence-corrected chi connectivity index (χ3v) is 6.22. The molecule has 0 spiro atoms. The molecule has 0 saturated carbocycles. The van der Waals surface area contributed by atoms with Gasteiger partial charge in [0.05, 0.1) is 22.9 Å². The molecule has 0 amide bonds. The summed E-state index contributed by atoms with van der Waals surface area (Å²) in [6, 6.07) is 10.1. The maximum atomic E-state index is 13.0. The number of carbonyl (C=O) groups excluding carboxylic acids is 1. The summed E-state index contributed by atoms with van der Waals surface area (Å²) in [4.78, 5) is 30.2. The molecule has 1 aliphatic rings. The van der Waals surface area contributed by atoms with Gasteiger partial charge in [-0.15, -0.1) is 11.8 Å². The minimum atomic E-state index is -0.287. The van der Waals surface area contributed by atoms with Gasteiger partial charge in [0.15, 0.2) is 5.16 Å². The highest BCUT2D eigenvalue weighted by molar-refractivity contribution is 8.00. The number of thioether (sulfide) groups is 2. The number of ether oxygens (including phenoxy) is 1. The Kier molecular flexibility index (Phi) is 6.43. The predicted molar refractivity (Wildman–Crippen MR) is 105 cm³/mol. The Balaban J connectivity index is 1.85. The molecule has 138 valence electrons. The van der Waals surface area contributed by atoms with E-state index in [1.54, 1.807) is 23.3 Å². The van der Waals surface area contributed by atoms with Gasteiger partial charge in [-0.1, -0.05) is 49.0 Å².